The first-order valence-electron chi connectivity index (χ1n) is 7.29. The molecule has 1 aromatic rings. The first kappa shape index (κ1) is 14.1. The van der Waals surface area contributed by atoms with E-state index in [0.29, 0.717) is 6.61 Å². The predicted octanol–water partition coefficient (Wildman–Crippen LogP) is 3.24. The van der Waals surface area contributed by atoms with Gasteiger partial charge in [-0.3, -0.25) is 0 Å². The van der Waals surface area contributed by atoms with Crippen molar-refractivity contribution in [1.29, 1.82) is 0 Å². The zero-order valence-corrected chi connectivity index (χ0v) is 12.0. The Morgan fingerprint density at radius 2 is 2.26 bits per heavy atom. The molecule has 1 fully saturated rings. The molecule has 1 N–H and O–H groups in total. The highest BCUT2D eigenvalue weighted by Crippen LogP contribution is 2.20. The second-order valence-corrected chi connectivity index (χ2v) is 5.09. The molecule has 0 atom stereocenters. The average molecular weight is 260 g/mol. The van der Waals surface area contributed by atoms with Crippen LogP contribution in [0.5, 0.6) is 5.88 Å². The number of ether oxygens (including phenoxy) is 1. The topological polar surface area (TPSA) is 34.1 Å². The molecule has 1 saturated carbocycles. The minimum atomic E-state index is 0.592. The number of rotatable bonds is 8. The lowest BCUT2D eigenvalue weighted by molar-refractivity contribution is 0.346. The summed E-state index contributed by atoms with van der Waals surface area (Å²) in [6, 6.07) is 4.98. The van der Waals surface area contributed by atoms with Crippen LogP contribution in [0, 0.1) is 0 Å². The first-order chi connectivity index (χ1) is 9.31. The molecule has 104 valence electrons. The molecule has 0 aliphatic heterocycles. The van der Waals surface area contributed by atoms with Crippen LogP contribution in [0.2, 0.25) is 0 Å². The second kappa shape index (κ2) is 7.29. The van der Waals surface area contributed by atoms with Crippen molar-refractivity contribution in [2.75, 3.05) is 6.61 Å². The summed E-state index contributed by atoms with van der Waals surface area (Å²) in [7, 11) is 0. The van der Waals surface area contributed by atoms with E-state index in [-0.39, 0.29) is 0 Å². The van der Waals surface area contributed by atoms with E-state index >= 15 is 0 Å². The first-order valence-corrected chi connectivity index (χ1v) is 7.29. The van der Waals surface area contributed by atoms with Crippen LogP contribution in [0.25, 0.3) is 0 Å². The molecule has 0 saturated heterocycles. The summed E-state index contributed by atoms with van der Waals surface area (Å²) in [5, 5.41) is 3.54. The Labute approximate surface area is 116 Å². The van der Waals surface area contributed by atoms with Crippen LogP contribution in [0.1, 0.15) is 44.4 Å². The number of aryl methyl sites for hydroxylation is 1. The van der Waals surface area contributed by atoms with Gasteiger partial charge in [0.25, 0.3) is 0 Å². The van der Waals surface area contributed by atoms with Crippen molar-refractivity contribution in [3.8, 4) is 5.88 Å². The summed E-state index contributed by atoms with van der Waals surface area (Å²) >= 11 is 0. The number of allylic oxidation sites excluding steroid dienone is 1. The zero-order chi connectivity index (χ0) is 13.5. The van der Waals surface area contributed by atoms with Crippen LogP contribution in [0.3, 0.4) is 0 Å². The van der Waals surface area contributed by atoms with Crippen molar-refractivity contribution >= 4 is 0 Å². The van der Waals surface area contributed by atoms with Gasteiger partial charge in [-0.15, -0.1) is 0 Å². The zero-order valence-electron chi connectivity index (χ0n) is 12.0. The Morgan fingerprint density at radius 1 is 1.42 bits per heavy atom. The predicted molar refractivity (Wildman–Crippen MR) is 78.4 cm³/mol. The van der Waals surface area contributed by atoms with Crippen LogP contribution in [-0.4, -0.2) is 17.6 Å². The van der Waals surface area contributed by atoms with Gasteiger partial charge in [0, 0.05) is 24.3 Å². The van der Waals surface area contributed by atoms with Gasteiger partial charge in [-0.05, 0) is 37.8 Å². The molecule has 0 spiro atoms. The quantitative estimate of drug-likeness (QED) is 0.729. The normalized spacial score (nSPS) is 15.1. The van der Waals surface area contributed by atoms with Gasteiger partial charge in [-0.1, -0.05) is 25.5 Å². The fourth-order valence-electron chi connectivity index (χ4n) is 1.96. The van der Waals surface area contributed by atoms with E-state index in [1.165, 1.54) is 18.4 Å². The summed E-state index contributed by atoms with van der Waals surface area (Å²) in [5.41, 5.74) is 2.41. The smallest absolute Gasteiger partial charge is 0.214 e. The van der Waals surface area contributed by atoms with Crippen LogP contribution < -0.4 is 10.1 Å². The third kappa shape index (κ3) is 5.03. The Morgan fingerprint density at radius 3 is 2.95 bits per heavy atom. The van der Waals surface area contributed by atoms with Gasteiger partial charge in [0.1, 0.15) is 6.61 Å². The fraction of sp³-hybridized carbons (Fsp3) is 0.562. The Hall–Kier alpha value is -1.35. The highest BCUT2D eigenvalue weighted by Gasteiger charge is 2.20. The van der Waals surface area contributed by atoms with Gasteiger partial charge in [-0.25, -0.2) is 4.98 Å². The van der Waals surface area contributed by atoms with E-state index in [9.17, 15) is 0 Å². The van der Waals surface area contributed by atoms with Crippen LogP contribution in [0.4, 0.5) is 0 Å². The molecule has 0 aromatic carbocycles. The molecular formula is C16H24N2O. The van der Waals surface area contributed by atoms with Crippen LogP contribution in [-0.2, 0) is 13.0 Å². The maximum atomic E-state index is 5.67. The molecular weight excluding hydrogens is 236 g/mol. The lowest BCUT2D eigenvalue weighted by Crippen LogP contribution is -2.15. The number of nitrogens with zero attached hydrogens (tertiary/aromatic N) is 1. The molecule has 1 heterocycles. The maximum Gasteiger partial charge on any atom is 0.214 e. The molecule has 3 nitrogen and oxygen atoms in total. The van der Waals surface area contributed by atoms with E-state index in [1.807, 2.05) is 19.1 Å². The largest absolute Gasteiger partial charge is 0.473 e. The summed E-state index contributed by atoms with van der Waals surface area (Å²) in [4.78, 5) is 4.55. The lowest BCUT2D eigenvalue weighted by Gasteiger charge is -2.09. The van der Waals surface area contributed by atoms with Gasteiger partial charge in [0.2, 0.25) is 5.88 Å². The molecule has 2 rings (SSSR count). The number of hydrogen-bond acceptors (Lipinski definition) is 3. The molecule has 0 amide bonds. The maximum absolute atomic E-state index is 5.67. The van der Waals surface area contributed by atoms with Gasteiger partial charge >= 0.3 is 0 Å². The summed E-state index contributed by atoms with van der Waals surface area (Å²) in [6.07, 6.45) is 8.74. The number of pyridine rings is 1. The molecule has 1 aliphatic carbocycles. The van der Waals surface area contributed by atoms with Gasteiger partial charge in [0.15, 0.2) is 0 Å². The highest BCUT2D eigenvalue weighted by atomic mass is 16.5. The van der Waals surface area contributed by atoms with Crippen molar-refractivity contribution in [2.45, 2.75) is 52.1 Å². The van der Waals surface area contributed by atoms with E-state index in [0.717, 1.165) is 37.0 Å². The highest BCUT2D eigenvalue weighted by molar-refractivity contribution is 5.25. The fourth-order valence-corrected chi connectivity index (χ4v) is 1.96. The van der Waals surface area contributed by atoms with E-state index in [1.54, 1.807) is 0 Å². The molecule has 0 unspecified atom stereocenters. The number of hydrogen-bond donors (Lipinski definition) is 1. The van der Waals surface area contributed by atoms with Crippen molar-refractivity contribution in [1.82, 2.24) is 10.3 Å². The van der Waals surface area contributed by atoms with Crippen molar-refractivity contribution in [3.63, 3.8) is 0 Å². The summed E-state index contributed by atoms with van der Waals surface area (Å²) < 4.78 is 5.67. The SMILES string of the molecule is C/C=C/COc1cc(CNC2CC2)cc(CCC)n1. The van der Waals surface area contributed by atoms with Gasteiger partial charge in [0.05, 0.1) is 0 Å². The molecule has 1 aliphatic rings. The van der Waals surface area contributed by atoms with Crippen molar-refractivity contribution in [3.05, 3.63) is 35.5 Å². The van der Waals surface area contributed by atoms with Crippen molar-refractivity contribution in [2.24, 2.45) is 0 Å². The molecule has 19 heavy (non-hydrogen) atoms. The second-order valence-electron chi connectivity index (χ2n) is 5.09. The summed E-state index contributed by atoms with van der Waals surface area (Å²) in [5.74, 6) is 0.747. The minimum Gasteiger partial charge on any atom is -0.473 e. The van der Waals surface area contributed by atoms with Crippen molar-refractivity contribution < 1.29 is 4.74 Å². The van der Waals surface area contributed by atoms with Gasteiger partial charge in [-0.2, -0.15) is 0 Å². The number of aromatic nitrogens is 1. The Kier molecular flexibility index (Phi) is 5.40. The molecule has 1 aromatic heterocycles. The number of nitrogens with one attached hydrogen (secondary N) is 1. The van der Waals surface area contributed by atoms with E-state index < -0.39 is 0 Å². The molecule has 3 heteroatoms. The van der Waals surface area contributed by atoms with Gasteiger partial charge < -0.3 is 10.1 Å². The van der Waals surface area contributed by atoms with Crippen LogP contribution >= 0.6 is 0 Å². The summed E-state index contributed by atoms with van der Waals surface area (Å²) in [6.45, 7) is 5.69. The van der Waals surface area contributed by atoms with E-state index in [2.05, 4.69) is 29.4 Å². The minimum absolute atomic E-state index is 0.592. The Bertz CT molecular complexity index is 425. The average Bonchev–Trinajstić information content (AvgIpc) is 3.21. The van der Waals surface area contributed by atoms with Crippen LogP contribution in [0.15, 0.2) is 24.3 Å². The monoisotopic (exact) mass is 260 g/mol. The Balaban J connectivity index is 2.01. The third-order valence-electron chi connectivity index (χ3n) is 3.16. The molecule has 0 radical (unpaired) electrons. The van der Waals surface area contributed by atoms with E-state index in [4.69, 9.17) is 4.74 Å². The standard InChI is InChI=1S/C16H24N2O/c1-3-5-9-19-16-11-13(12-17-14-7-8-14)10-15(18-16)6-4-2/h3,5,10-11,14,17H,4,6-9,12H2,1-2H3/b5-3+. The third-order valence-corrected chi connectivity index (χ3v) is 3.16. The molecule has 0 bridgehead atoms. The lowest BCUT2D eigenvalue weighted by atomic mass is 10.1.